The van der Waals surface area contributed by atoms with Crippen LogP contribution in [0.25, 0.3) is 5.57 Å². The van der Waals surface area contributed by atoms with Crippen molar-refractivity contribution in [1.29, 1.82) is 0 Å². The van der Waals surface area contributed by atoms with E-state index in [9.17, 15) is 4.79 Å². The SMILES string of the molecule is COC(=O)C(=C=NCCc1ccc(OC)c(OC)c1)c1ccc(Cl)cc1. The minimum atomic E-state index is -0.498. The summed E-state index contributed by atoms with van der Waals surface area (Å²) < 4.78 is 15.3. The van der Waals surface area contributed by atoms with Crippen LogP contribution in [-0.4, -0.2) is 39.7 Å². The Morgan fingerprint density at radius 2 is 1.73 bits per heavy atom. The van der Waals surface area contributed by atoms with Crippen LogP contribution in [0, 0.1) is 0 Å². The van der Waals surface area contributed by atoms with Crippen molar-refractivity contribution in [3.63, 3.8) is 0 Å². The number of rotatable bonds is 7. The molecule has 0 N–H and O–H groups in total. The molecule has 2 aromatic carbocycles. The molecule has 0 atom stereocenters. The normalized spacial score (nSPS) is 9.85. The number of hydrogen-bond donors (Lipinski definition) is 0. The standard InChI is InChI=1S/C20H20ClNO4/c1-24-18-9-4-14(12-19(18)25-2)10-11-22-13-17(20(23)26-3)15-5-7-16(21)8-6-15/h4-9,12H,10-11H2,1-3H3. The third-order valence-electron chi connectivity index (χ3n) is 3.67. The van der Waals surface area contributed by atoms with Crippen molar-refractivity contribution in [2.24, 2.45) is 4.99 Å². The van der Waals surface area contributed by atoms with Crippen molar-refractivity contribution < 1.29 is 19.0 Å². The molecule has 0 radical (unpaired) electrons. The van der Waals surface area contributed by atoms with Crippen molar-refractivity contribution in [3.8, 4) is 11.5 Å². The first-order valence-corrected chi connectivity index (χ1v) is 8.31. The number of esters is 1. The highest BCUT2D eigenvalue weighted by Crippen LogP contribution is 2.27. The maximum Gasteiger partial charge on any atom is 0.347 e. The van der Waals surface area contributed by atoms with E-state index in [1.54, 1.807) is 38.5 Å². The molecule has 0 aliphatic rings. The Morgan fingerprint density at radius 3 is 2.35 bits per heavy atom. The van der Waals surface area contributed by atoms with Crippen LogP contribution < -0.4 is 9.47 Å². The summed E-state index contributed by atoms with van der Waals surface area (Å²) in [6.45, 7) is 0.462. The fraction of sp³-hybridized carbons (Fsp3) is 0.250. The topological polar surface area (TPSA) is 57.1 Å². The molecule has 2 rings (SSSR count). The largest absolute Gasteiger partial charge is 0.493 e. The monoisotopic (exact) mass is 373 g/mol. The predicted octanol–water partition coefficient (Wildman–Crippen LogP) is 3.83. The molecule has 0 saturated carbocycles. The second kappa shape index (κ2) is 9.66. The molecule has 0 aromatic heterocycles. The number of halogens is 1. The average molecular weight is 374 g/mol. The Kier molecular flexibility index (Phi) is 7.27. The van der Waals surface area contributed by atoms with Gasteiger partial charge >= 0.3 is 5.97 Å². The average Bonchev–Trinajstić information content (AvgIpc) is 2.68. The first-order valence-electron chi connectivity index (χ1n) is 7.93. The zero-order valence-corrected chi connectivity index (χ0v) is 15.7. The summed E-state index contributed by atoms with van der Waals surface area (Å²) >= 11 is 5.88. The zero-order valence-electron chi connectivity index (χ0n) is 14.9. The molecule has 0 amide bonds. The van der Waals surface area contributed by atoms with Crippen LogP contribution in [0.5, 0.6) is 11.5 Å². The van der Waals surface area contributed by atoms with Crippen molar-refractivity contribution in [2.45, 2.75) is 6.42 Å². The first-order chi connectivity index (χ1) is 12.6. The van der Waals surface area contributed by atoms with Gasteiger partial charge < -0.3 is 14.2 Å². The van der Waals surface area contributed by atoms with E-state index in [1.807, 2.05) is 18.2 Å². The van der Waals surface area contributed by atoms with Crippen LogP contribution in [0.15, 0.2) is 47.5 Å². The fourth-order valence-corrected chi connectivity index (χ4v) is 2.43. The van der Waals surface area contributed by atoms with E-state index in [4.69, 9.17) is 25.8 Å². The van der Waals surface area contributed by atoms with E-state index < -0.39 is 5.97 Å². The zero-order chi connectivity index (χ0) is 18.9. The Bertz CT molecular complexity index is 824. The van der Waals surface area contributed by atoms with Crippen molar-refractivity contribution in [2.75, 3.05) is 27.9 Å². The minimum absolute atomic E-state index is 0.261. The van der Waals surface area contributed by atoms with Crippen LogP contribution in [0.2, 0.25) is 5.02 Å². The van der Waals surface area contributed by atoms with Gasteiger partial charge in [0.25, 0.3) is 0 Å². The van der Waals surface area contributed by atoms with Crippen molar-refractivity contribution >= 4 is 29.0 Å². The summed E-state index contributed by atoms with van der Waals surface area (Å²) in [4.78, 5) is 16.2. The molecule has 0 fully saturated rings. The highest BCUT2D eigenvalue weighted by molar-refractivity contribution is 6.31. The Balaban J connectivity index is 2.16. The van der Waals surface area contributed by atoms with Crippen molar-refractivity contribution in [1.82, 2.24) is 0 Å². The molecule has 0 aliphatic carbocycles. The third kappa shape index (κ3) is 5.12. The number of nitrogens with zero attached hydrogens (tertiary/aromatic N) is 1. The number of aliphatic imine (C=N–C) groups is 1. The van der Waals surface area contributed by atoms with Gasteiger partial charge in [0.1, 0.15) is 5.57 Å². The smallest absolute Gasteiger partial charge is 0.347 e. The quantitative estimate of drug-likeness (QED) is 0.420. The number of carbonyl (C=O) groups is 1. The van der Waals surface area contributed by atoms with Gasteiger partial charge in [0, 0.05) is 5.02 Å². The van der Waals surface area contributed by atoms with E-state index in [0.29, 0.717) is 35.1 Å². The van der Waals surface area contributed by atoms with Gasteiger partial charge in [-0.15, -0.1) is 0 Å². The summed E-state index contributed by atoms with van der Waals surface area (Å²) in [5.41, 5.74) is 1.95. The minimum Gasteiger partial charge on any atom is -0.493 e. The van der Waals surface area contributed by atoms with Crippen LogP contribution >= 0.6 is 11.6 Å². The van der Waals surface area contributed by atoms with E-state index in [1.165, 1.54) is 7.11 Å². The van der Waals surface area contributed by atoms with Gasteiger partial charge in [-0.25, -0.2) is 9.79 Å². The maximum atomic E-state index is 12.0. The number of benzene rings is 2. The first kappa shape index (κ1) is 19.6. The Hall–Kier alpha value is -2.75. The number of hydrogen-bond acceptors (Lipinski definition) is 5. The highest BCUT2D eigenvalue weighted by atomic mass is 35.5. The van der Waals surface area contributed by atoms with Crippen LogP contribution in [-0.2, 0) is 16.0 Å². The van der Waals surface area contributed by atoms with E-state index in [0.717, 1.165) is 5.56 Å². The summed E-state index contributed by atoms with van der Waals surface area (Å²) in [5, 5.41) is 0.586. The molecule has 2 aromatic rings. The maximum absolute atomic E-state index is 12.0. The molecule has 0 spiro atoms. The lowest BCUT2D eigenvalue weighted by Crippen LogP contribution is -2.04. The Labute approximate surface area is 157 Å². The molecule has 0 aliphatic heterocycles. The van der Waals surface area contributed by atoms with Gasteiger partial charge in [0.2, 0.25) is 0 Å². The van der Waals surface area contributed by atoms with E-state index in [2.05, 4.69) is 10.9 Å². The summed E-state index contributed by atoms with van der Waals surface area (Å²) in [7, 11) is 4.51. The Morgan fingerprint density at radius 1 is 1.04 bits per heavy atom. The lowest BCUT2D eigenvalue weighted by atomic mass is 10.1. The van der Waals surface area contributed by atoms with E-state index in [-0.39, 0.29) is 5.57 Å². The van der Waals surface area contributed by atoms with Crippen LogP contribution in [0.1, 0.15) is 11.1 Å². The molecule has 0 unspecified atom stereocenters. The number of ether oxygens (including phenoxy) is 3. The molecule has 0 saturated heterocycles. The molecule has 0 bridgehead atoms. The summed E-state index contributed by atoms with van der Waals surface area (Å²) in [6.07, 6.45) is 0.669. The van der Waals surface area contributed by atoms with Crippen LogP contribution in [0.3, 0.4) is 0 Å². The third-order valence-corrected chi connectivity index (χ3v) is 3.93. The van der Waals surface area contributed by atoms with Gasteiger partial charge in [0.15, 0.2) is 11.5 Å². The number of methoxy groups -OCH3 is 3. The molecular weight excluding hydrogens is 354 g/mol. The molecule has 5 nitrogen and oxygen atoms in total. The van der Waals surface area contributed by atoms with Crippen molar-refractivity contribution in [3.05, 3.63) is 58.6 Å². The van der Waals surface area contributed by atoms with Gasteiger partial charge in [0.05, 0.1) is 27.9 Å². The van der Waals surface area contributed by atoms with Crippen LogP contribution in [0.4, 0.5) is 0 Å². The molecule has 26 heavy (non-hydrogen) atoms. The molecule has 6 heteroatoms. The summed E-state index contributed by atoms with van der Waals surface area (Å²) in [5.74, 6) is 3.64. The van der Waals surface area contributed by atoms with Gasteiger partial charge in [-0.05, 0) is 47.7 Å². The van der Waals surface area contributed by atoms with E-state index >= 15 is 0 Å². The lowest BCUT2D eigenvalue weighted by Gasteiger charge is -2.08. The second-order valence-corrected chi connectivity index (χ2v) is 5.74. The molecular formula is C20H20ClNO4. The fourth-order valence-electron chi connectivity index (χ4n) is 2.30. The van der Waals surface area contributed by atoms with Gasteiger partial charge in [-0.1, -0.05) is 29.8 Å². The number of carbonyl (C=O) groups excluding carboxylic acids is 1. The lowest BCUT2D eigenvalue weighted by molar-refractivity contribution is -0.133. The predicted molar refractivity (Wildman–Crippen MR) is 102 cm³/mol. The summed E-state index contributed by atoms with van der Waals surface area (Å²) in [6, 6.07) is 12.5. The van der Waals surface area contributed by atoms with Gasteiger partial charge in [-0.3, -0.25) is 0 Å². The molecule has 0 heterocycles. The van der Waals surface area contributed by atoms with Gasteiger partial charge in [-0.2, -0.15) is 0 Å². The highest BCUT2D eigenvalue weighted by Gasteiger charge is 2.12. The molecule has 136 valence electrons. The second-order valence-electron chi connectivity index (χ2n) is 5.31.